The Labute approximate surface area is 114 Å². The first kappa shape index (κ1) is 10.2. The Balaban J connectivity index is 1.99. The molecular formula is C16H12N3O+. The van der Waals surface area contributed by atoms with E-state index in [1.54, 1.807) is 0 Å². The summed E-state index contributed by atoms with van der Waals surface area (Å²) in [7, 11) is 2.05. The van der Waals surface area contributed by atoms with Crippen molar-refractivity contribution in [1.82, 2.24) is 9.55 Å². The average molecular weight is 262 g/mol. The van der Waals surface area contributed by atoms with Crippen LogP contribution in [-0.4, -0.2) is 9.55 Å². The molecule has 1 aliphatic heterocycles. The number of rotatable bonds is 0. The fourth-order valence-electron chi connectivity index (χ4n) is 3.28. The topological polar surface area (TPSA) is 34.8 Å². The van der Waals surface area contributed by atoms with Gasteiger partial charge >= 0.3 is 5.71 Å². The van der Waals surface area contributed by atoms with Crippen LogP contribution < -0.4 is 4.57 Å². The maximum Gasteiger partial charge on any atom is 0.340 e. The van der Waals surface area contributed by atoms with Crippen molar-refractivity contribution < 1.29 is 8.98 Å². The highest BCUT2D eigenvalue weighted by atomic mass is 16.3. The molecule has 4 nitrogen and oxygen atoms in total. The van der Waals surface area contributed by atoms with E-state index in [4.69, 9.17) is 4.42 Å². The summed E-state index contributed by atoms with van der Waals surface area (Å²) in [5.41, 5.74) is 6.41. The second kappa shape index (κ2) is 3.28. The maximum absolute atomic E-state index is 5.98. The smallest absolute Gasteiger partial charge is 0.340 e. The molecule has 96 valence electrons. The number of hydrogen-bond acceptors (Lipinski definition) is 2. The van der Waals surface area contributed by atoms with Gasteiger partial charge in [-0.15, -0.1) is 0 Å². The Kier molecular flexibility index (Phi) is 1.67. The van der Waals surface area contributed by atoms with Crippen LogP contribution in [0.1, 0.15) is 5.56 Å². The van der Waals surface area contributed by atoms with Crippen molar-refractivity contribution in [3.05, 3.63) is 48.2 Å². The molecule has 20 heavy (non-hydrogen) atoms. The molecule has 3 aromatic heterocycles. The van der Waals surface area contributed by atoms with Crippen LogP contribution in [0.15, 0.2) is 47.0 Å². The van der Waals surface area contributed by atoms with Crippen molar-refractivity contribution in [2.75, 3.05) is 0 Å². The second-order valence-electron chi connectivity index (χ2n) is 5.23. The zero-order chi connectivity index (χ0) is 13.3. The number of aryl methyl sites for hydroxylation is 1. The number of hydrogen-bond donors (Lipinski definition) is 0. The van der Waals surface area contributed by atoms with Gasteiger partial charge in [-0.25, -0.2) is 9.55 Å². The number of benzene rings is 1. The molecule has 0 radical (unpaired) electrons. The van der Waals surface area contributed by atoms with Gasteiger partial charge < -0.3 is 4.42 Å². The summed E-state index contributed by atoms with van der Waals surface area (Å²) in [5.74, 6) is 1.20. The Morgan fingerprint density at radius 1 is 1.20 bits per heavy atom. The molecule has 1 aromatic carbocycles. The third kappa shape index (κ3) is 1.04. The highest BCUT2D eigenvalue weighted by molar-refractivity contribution is 5.99. The zero-order valence-electron chi connectivity index (χ0n) is 11.0. The van der Waals surface area contributed by atoms with Crippen molar-refractivity contribution in [1.29, 1.82) is 0 Å². The Bertz CT molecular complexity index is 994. The summed E-state index contributed by atoms with van der Waals surface area (Å²) >= 11 is 0. The lowest BCUT2D eigenvalue weighted by Crippen LogP contribution is -2.29. The molecular weight excluding hydrogens is 250 g/mol. The van der Waals surface area contributed by atoms with E-state index in [0.717, 1.165) is 28.9 Å². The summed E-state index contributed by atoms with van der Waals surface area (Å²) in [5, 5.41) is 0. The lowest BCUT2D eigenvalue weighted by Gasteiger charge is -1.93. The second-order valence-corrected chi connectivity index (χ2v) is 5.23. The van der Waals surface area contributed by atoms with Crippen LogP contribution in [0.25, 0.3) is 33.7 Å². The molecule has 0 aliphatic carbocycles. The highest BCUT2D eigenvalue weighted by Gasteiger charge is 2.35. The molecule has 1 aliphatic rings. The van der Waals surface area contributed by atoms with Crippen LogP contribution in [0.4, 0.5) is 0 Å². The summed E-state index contributed by atoms with van der Waals surface area (Å²) < 4.78 is 10.4. The van der Waals surface area contributed by atoms with Crippen LogP contribution in [0.2, 0.25) is 0 Å². The lowest BCUT2D eigenvalue weighted by molar-refractivity contribution is -0.640. The molecule has 4 heterocycles. The molecule has 0 atom stereocenters. The van der Waals surface area contributed by atoms with E-state index in [2.05, 4.69) is 45.4 Å². The molecule has 0 fully saturated rings. The molecule has 0 saturated heterocycles. The van der Waals surface area contributed by atoms with Gasteiger partial charge in [-0.2, -0.15) is 4.57 Å². The van der Waals surface area contributed by atoms with Crippen LogP contribution in [0, 0.1) is 0 Å². The third-order valence-corrected chi connectivity index (χ3v) is 4.14. The molecule has 0 bridgehead atoms. The van der Waals surface area contributed by atoms with Crippen LogP contribution >= 0.6 is 0 Å². The van der Waals surface area contributed by atoms with Crippen molar-refractivity contribution >= 4 is 22.3 Å². The maximum atomic E-state index is 5.98. The van der Waals surface area contributed by atoms with Crippen LogP contribution in [-0.2, 0) is 13.6 Å². The van der Waals surface area contributed by atoms with E-state index in [-0.39, 0.29) is 0 Å². The quantitative estimate of drug-likeness (QED) is 0.402. The van der Waals surface area contributed by atoms with E-state index >= 15 is 0 Å². The Hall–Kier alpha value is -2.62. The standard InChI is InChI=1S/C16H12N3O/c1-18-15-11-6-3-2-5-10(11)9-19(15)14-13-12(20-16(14)18)7-4-8-17-13/h2-8H,9H2,1H3/q+1. The molecule has 4 heteroatoms. The number of furan rings is 1. The van der Waals surface area contributed by atoms with Gasteiger partial charge in [0.25, 0.3) is 5.82 Å². The molecule has 0 spiro atoms. The first-order valence-electron chi connectivity index (χ1n) is 6.68. The van der Waals surface area contributed by atoms with E-state index in [1.807, 2.05) is 18.3 Å². The van der Waals surface area contributed by atoms with E-state index in [9.17, 15) is 0 Å². The summed E-state index contributed by atoms with van der Waals surface area (Å²) in [6.45, 7) is 0.883. The Morgan fingerprint density at radius 2 is 2.10 bits per heavy atom. The van der Waals surface area contributed by atoms with Gasteiger partial charge in [-0.1, -0.05) is 18.2 Å². The molecule has 0 saturated carbocycles. The van der Waals surface area contributed by atoms with Crippen LogP contribution in [0.3, 0.4) is 0 Å². The van der Waals surface area contributed by atoms with Gasteiger partial charge in [0, 0.05) is 11.8 Å². The minimum absolute atomic E-state index is 0.847. The predicted molar refractivity (Wildman–Crippen MR) is 75.2 cm³/mol. The van der Waals surface area contributed by atoms with E-state index in [0.29, 0.717) is 0 Å². The number of pyridine rings is 1. The predicted octanol–water partition coefficient (Wildman–Crippen LogP) is 2.64. The van der Waals surface area contributed by atoms with E-state index in [1.165, 1.54) is 17.0 Å². The normalized spacial score (nSPS) is 13.1. The average Bonchev–Trinajstić information content (AvgIpc) is 3.10. The lowest BCUT2D eigenvalue weighted by atomic mass is 10.1. The first-order chi connectivity index (χ1) is 9.84. The number of nitrogens with zero attached hydrogens (tertiary/aromatic N) is 3. The van der Waals surface area contributed by atoms with E-state index < -0.39 is 0 Å². The van der Waals surface area contributed by atoms with Gasteiger partial charge in [0.2, 0.25) is 5.52 Å². The van der Waals surface area contributed by atoms with Crippen molar-refractivity contribution in [3.8, 4) is 11.4 Å². The van der Waals surface area contributed by atoms with Crippen LogP contribution in [0.5, 0.6) is 0 Å². The SMILES string of the molecule is C[n+]1c2n(c3c4ncccc4oc31)Cc1ccccc1-2. The molecule has 0 unspecified atom stereocenters. The minimum atomic E-state index is 0.847. The van der Waals surface area contributed by atoms with Gasteiger partial charge in [0.05, 0.1) is 12.6 Å². The third-order valence-electron chi connectivity index (χ3n) is 4.14. The number of imidazole rings is 1. The highest BCUT2D eigenvalue weighted by Crippen LogP contribution is 2.36. The fraction of sp³-hybridized carbons (Fsp3) is 0.125. The number of fused-ring (bicyclic) bond motifs is 7. The minimum Gasteiger partial charge on any atom is -0.417 e. The molecule has 5 rings (SSSR count). The largest absolute Gasteiger partial charge is 0.417 e. The van der Waals surface area contributed by atoms with Crippen molar-refractivity contribution in [2.24, 2.45) is 7.05 Å². The van der Waals surface area contributed by atoms with Gasteiger partial charge in [-0.3, -0.25) is 0 Å². The number of aromatic nitrogens is 3. The first-order valence-corrected chi connectivity index (χ1v) is 6.68. The Morgan fingerprint density at radius 3 is 3.05 bits per heavy atom. The summed E-state index contributed by atoms with van der Waals surface area (Å²) in [4.78, 5) is 4.50. The van der Waals surface area contributed by atoms with Gasteiger partial charge in [0.1, 0.15) is 6.54 Å². The van der Waals surface area contributed by atoms with Crippen molar-refractivity contribution in [3.63, 3.8) is 0 Å². The van der Waals surface area contributed by atoms with Crippen molar-refractivity contribution in [2.45, 2.75) is 6.54 Å². The molecule has 4 aromatic rings. The molecule has 0 N–H and O–H groups in total. The summed E-state index contributed by atoms with van der Waals surface area (Å²) in [6.07, 6.45) is 1.82. The summed E-state index contributed by atoms with van der Waals surface area (Å²) in [6, 6.07) is 12.4. The van der Waals surface area contributed by atoms with Gasteiger partial charge in [-0.05, 0) is 18.2 Å². The zero-order valence-corrected chi connectivity index (χ0v) is 11.0. The van der Waals surface area contributed by atoms with Gasteiger partial charge in [0.15, 0.2) is 11.1 Å². The molecule has 0 amide bonds. The monoisotopic (exact) mass is 262 g/mol. The fourth-order valence-corrected chi connectivity index (χ4v) is 3.28.